The third kappa shape index (κ3) is 1.93. The smallest absolute Gasteiger partial charge is 0.127 e. The summed E-state index contributed by atoms with van der Waals surface area (Å²) < 4.78 is 6.11. The van der Waals surface area contributed by atoms with Gasteiger partial charge in [0.15, 0.2) is 0 Å². The Hall–Kier alpha value is -1.32. The first-order valence-electron chi connectivity index (χ1n) is 6.23. The first kappa shape index (κ1) is 11.8. The topological polar surface area (TPSA) is 35.2 Å². The van der Waals surface area contributed by atoms with E-state index in [0.29, 0.717) is 0 Å². The summed E-state index contributed by atoms with van der Waals surface area (Å²) in [5.41, 5.74) is 8.67. The molecule has 1 aromatic heterocycles. The molecule has 0 radical (unpaired) electrons. The van der Waals surface area contributed by atoms with E-state index < -0.39 is 0 Å². The van der Waals surface area contributed by atoms with Crippen LogP contribution in [0.25, 0.3) is 0 Å². The normalized spacial score (nSPS) is 22.4. The highest BCUT2D eigenvalue weighted by Gasteiger charge is 2.28. The van der Waals surface area contributed by atoms with Crippen molar-refractivity contribution in [2.24, 2.45) is 5.73 Å². The van der Waals surface area contributed by atoms with Crippen LogP contribution in [-0.4, -0.2) is 0 Å². The molecule has 0 aliphatic carbocycles. The van der Waals surface area contributed by atoms with E-state index in [1.54, 1.807) is 0 Å². The number of fused-ring (bicyclic) bond motifs is 1. The average molecular weight is 259 g/mol. The molecule has 18 heavy (non-hydrogen) atoms. The van der Waals surface area contributed by atoms with Gasteiger partial charge in [0.05, 0.1) is 0 Å². The van der Waals surface area contributed by atoms with Gasteiger partial charge >= 0.3 is 0 Å². The minimum absolute atomic E-state index is 0.0690. The standard InChI is InChI=1S/C15H17NOS/c1-9-7-12(10(2)18-9)15-8-13(16)11-5-3-4-6-14(11)17-15/h3-7,13,15H,8,16H2,1-2H3/t13-,15?/m1/s1. The Morgan fingerprint density at radius 1 is 1.22 bits per heavy atom. The van der Waals surface area contributed by atoms with Crippen LogP contribution in [0.15, 0.2) is 30.3 Å². The van der Waals surface area contributed by atoms with Gasteiger partial charge in [0.25, 0.3) is 0 Å². The average Bonchev–Trinajstić information content (AvgIpc) is 2.68. The molecule has 0 saturated heterocycles. The molecule has 1 aliphatic heterocycles. The maximum absolute atomic E-state index is 6.25. The van der Waals surface area contributed by atoms with Gasteiger partial charge in [0.1, 0.15) is 11.9 Å². The third-order valence-electron chi connectivity index (χ3n) is 3.48. The highest BCUT2D eigenvalue weighted by Crippen LogP contribution is 2.41. The van der Waals surface area contributed by atoms with Crippen molar-refractivity contribution in [2.75, 3.05) is 0 Å². The Kier molecular flexibility index (Phi) is 2.88. The van der Waals surface area contributed by atoms with E-state index in [-0.39, 0.29) is 12.1 Å². The zero-order chi connectivity index (χ0) is 12.7. The Labute approximate surface area is 111 Å². The molecule has 0 saturated carbocycles. The fraction of sp³-hybridized carbons (Fsp3) is 0.333. The fourth-order valence-electron chi connectivity index (χ4n) is 2.61. The van der Waals surface area contributed by atoms with Crippen molar-refractivity contribution in [3.05, 3.63) is 51.2 Å². The van der Waals surface area contributed by atoms with Crippen molar-refractivity contribution in [2.45, 2.75) is 32.4 Å². The molecular formula is C15H17NOS. The fourth-order valence-corrected chi connectivity index (χ4v) is 3.59. The highest BCUT2D eigenvalue weighted by molar-refractivity contribution is 7.12. The van der Waals surface area contributed by atoms with Gasteiger partial charge in [-0.1, -0.05) is 18.2 Å². The lowest BCUT2D eigenvalue weighted by molar-refractivity contribution is 0.161. The number of thiophene rings is 1. The molecule has 2 aromatic rings. The molecule has 1 unspecified atom stereocenters. The van der Waals surface area contributed by atoms with Crippen molar-refractivity contribution >= 4 is 11.3 Å². The van der Waals surface area contributed by atoms with Gasteiger partial charge in [-0.2, -0.15) is 0 Å². The zero-order valence-electron chi connectivity index (χ0n) is 10.6. The SMILES string of the molecule is Cc1cc(C2C[C@@H](N)c3ccccc3O2)c(C)s1. The molecule has 1 aliphatic rings. The van der Waals surface area contributed by atoms with Crippen LogP contribution >= 0.6 is 11.3 Å². The van der Waals surface area contributed by atoms with Crippen molar-refractivity contribution < 1.29 is 4.74 Å². The molecule has 3 rings (SSSR count). The number of hydrogen-bond donors (Lipinski definition) is 1. The lowest BCUT2D eigenvalue weighted by atomic mass is 9.94. The molecule has 2 nitrogen and oxygen atoms in total. The van der Waals surface area contributed by atoms with Gasteiger partial charge in [-0.15, -0.1) is 11.3 Å². The Balaban J connectivity index is 1.97. The van der Waals surface area contributed by atoms with Gasteiger partial charge in [0.2, 0.25) is 0 Å². The summed E-state index contributed by atoms with van der Waals surface area (Å²) in [5.74, 6) is 0.935. The summed E-state index contributed by atoms with van der Waals surface area (Å²) >= 11 is 1.82. The van der Waals surface area contributed by atoms with Gasteiger partial charge in [0, 0.05) is 33.3 Å². The maximum Gasteiger partial charge on any atom is 0.127 e. The second-order valence-electron chi connectivity index (χ2n) is 4.86. The van der Waals surface area contributed by atoms with Gasteiger partial charge in [-0.3, -0.25) is 0 Å². The van der Waals surface area contributed by atoms with E-state index >= 15 is 0 Å². The summed E-state index contributed by atoms with van der Waals surface area (Å²) in [6, 6.07) is 10.4. The van der Waals surface area contributed by atoms with Gasteiger partial charge < -0.3 is 10.5 Å². The van der Waals surface area contributed by atoms with Crippen LogP contribution in [0.1, 0.15) is 39.4 Å². The van der Waals surface area contributed by atoms with Gasteiger partial charge in [-0.05, 0) is 26.0 Å². The second-order valence-corrected chi connectivity index (χ2v) is 6.32. The molecule has 0 fully saturated rings. The first-order valence-corrected chi connectivity index (χ1v) is 7.05. The van der Waals surface area contributed by atoms with E-state index in [4.69, 9.17) is 10.5 Å². The number of rotatable bonds is 1. The van der Waals surface area contributed by atoms with Crippen molar-refractivity contribution in [3.63, 3.8) is 0 Å². The molecule has 0 bridgehead atoms. The van der Waals surface area contributed by atoms with Crippen LogP contribution in [0.5, 0.6) is 5.75 Å². The molecule has 94 valence electrons. The number of aryl methyl sites for hydroxylation is 2. The summed E-state index contributed by atoms with van der Waals surface area (Å²) in [4.78, 5) is 2.67. The summed E-state index contributed by atoms with van der Waals surface area (Å²) in [5, 5.41) is 0. The quantitative estimate of drug-likeness (QED) is 0.843. The van der Waals surface area contributed by atoms with Crippen LogP contribution in [0.2, 0.25) is 0 Å². The number of hydrogen-bond acceptors (Lipinski definition) is 3. The zero-order valence-corrected chi connectivity index (χ0v) is 11.5. The van der Waals surface area contributed by atoms with E-state index in [1.807, 2.05) is 29.5 Å². The Morgan fingerprint density at radius 3 is 2.72 bits per heavy atom. The first-order chi connectivity index (χ1) is 8.65. The predicted octanol–water partition coefficient (Wildman–Crippen LogP) is 3.89. The summed E-state index contributed by atoms with van der Waals surface area (Å²) in [7, 11) is 0. The number of ether oxygens (including phenoxy) is 1. The molecule has 2 N–H and O–H groups in total. The minimum atomic E-state index is 0.0690. The van der Waals surface area contributed by atoms with Crippen molar-refractivity contribution in [1.29, 1.82) is 0 Å². The van der Waals surface area contributed by atoms with Crippen LogP contribution in [0.4, 0.5) is 0 Å². The second kappa shape index (κ2) is 4.41. The third-order valence-corrected chi connectivity index (χ3v) is 4.46. The van der Waals surface area contributed by atoms with Crippen molar-refractivity contribution in [3.8, 4) is 5.75 Å². The maximum atomic E-state index is 6.25. The minimum Gasteiger partial charge on any atom is -0.485 e. The predicted molar refractivity (Wildman–Crippen MR) is 75.1 cm³/mol. The summed E-state index contributed by atoms with van der Waals surface area (Å²) in [6.45, 7) is 4.29. The van der Waals surface area contributed by atoms with Crippen LogP contribution < -0.4 is 10.5 Å². The van der Waals surface area contributed by atoms with Crippen LogP contribution in [0, 0.1) is 13.8 Å². The Morgan fingerprint density at radius 2 is 2.00 bits per heavy atom. The molecular weight excluding hydrogens is 242 g/mol. The largest absolute Gasteiger partial charge is 0.485 e. The lowest BCUT2D eigenvalue weighted by Crippen LogP contribution is -2.24. The monoisotopic (exact) mass is 259 g/mol. The number of benzene rings is 1. The van der Waals surface area contributed by atoms with Gasteiger partial charge in [-0.25, -0.2) is 0 Å². The van der Waals surface area contributed by atoms with Crippen molar-refractivity contribution in [1.82, 2.24) is 0 Å². The molecule has 3 heteroatoms. The van der Waals surface area contributed by atoms with E-state index in [1.165, 1.54) is 15.3 Å². The number of nitrogens with two attached hydrogens (primary N) is 1. The van der Waals surface area contributed by atoms with E-state index in [9.17, 15) is 0 Å². The Bertz CT molecular complexity index is 576. The summed E-state index contributed by atoms with van der Waals surface area (Å²) in [6.07, 6.45) is 0.952. The molecule has 2 atom stereocenters. The molecule has 0 spiro atoms. The molecule has 1 aromatic carbocycles. The molecule has 2 heterocycles. The highest BCUT2D eigenvalue weighted by atomic mass is 32.1. The lowest BCUT2D eigenvalue weighted by Gasteiger charge is -2.30. The molecule has 0 amide bonds. The van der Waals surface area contributed by atoms with E-state index in [0.717, 1.165) is 17.7 Å². The van der Waals surface area contributed by atoms with Crippen LogP contribution in [0.3, 0.4) is 0 Å². The van der Waals surface area contributed by atoms with E-state index in [2.05, 4.69) is 26.0 Å². The van der Waals surface area contributed by atoms with Crippen LogP contribution in [-0.2, 0) is 0 Å². The number of para-hydroxylation sites is 1.